The molecule has 1 aromatic carbocycles. The molecule has 0 unspecified atom stereocenters. The van der Waals surface area contributed by atoms with Gasteiger partial charge in [-0.1, -0.05) is 29.8 Å². The molecule has 24 heavy (non-hydrogen) atoms. The Bertz CT molecular complexity index is 673. The van der Waals surface area contributed by atoms with Gasteiger partial charge in [0, 0.05) is 30.3 Å². The third kappa shape index (κ3) is 3.51. The lowest BCUT2D eigenvalue weighted by atomic mass is 9.92. The molecule has 2 aromatic rings. The number of H-pyrrole nitrogens is 1. The second-order valence-corrected chi connectivity index (χ2v) is 7.40. The Balaban J connectivity index is 1.37. The number of nitrogens with zero attached hydrogens (tertiary/aromatic N) is 2. The number of likely N-dealkylation sites (tertiary alicyclic amines) is 1. The summed E-state index contributed by atoms with van der Waals surface area (Å²) in [5, 5.41) is 8.48. The predicted octanol–water partition coefficient (Wildman–Crippen LogP) is 3.95. The maximum absolute atomic E-state index is 6.28. The molecule has 0 aliphatic carbocycles. The second-order valence-electron chi connectivity index (χ2n) is 6.99. The number of benzene rings is 1. The summed E-state index contributed by atoms with van der Waals surface area (Å²) in [6.07, 6.45) is 3.61. The molecule has 5 heteroatoms. The van der Waals surface area contributed by atoms with Gasteiger partial charge in [0.15, 0.2) is 0 Å². The molecule has 0 spiro atoms. The van der Waals surface area contributed by atoms with Crippen molar-refractivity contribution in [2.45, 2.75) is 25.2 Å². The van der Waals surface area contributed by atoms with Crippen LogP contribution in [0.25, 0.3) is 11.3 Å². The minimum atomic E-state index is 0.574. The third-order valence-electron chi connectivity index (χ3n) is 5.32. The van der Waals surface area contributed by atoms with Crippen LogP contribution in [0.1, 0.15) is 30.9 Å². The SMILES string of the molecule is Clc1ccccc1-c1cc(C2CCN(C[C@@H]3CCOC3)CC2)[nH]n1. The van der Waals surface area contributed by atoms with Crippen molar-refractivity contribution in [3.05, 3.63) is 41.0 Å². The summed E-state index contributed by atoms with van der Waals surface area (Å²) in [6.45, 7) is 5.42. The van der Waals surface area contributed by atoms with Crippen LogP contribution >= 0.6 is 11.6 Å². The van der Waals surface area contributed by atoms with E-state index in [1.165, 1.54) is 44.6 Å². The fourth-order valence-electron chi connectivity index (χ4n) is 3.87. The fourth-order valence-corrected chi connectivity index (χ4v) is 4.10. The van der Waals surface area contributed by atoms with Crippen molar-refractivity contribution in [2.24, 2.45) is 5.92 Å². The van der Waals surface area contributed by atoms with Crippen molar-refractivity contribution in [1.82, 2.24) is 15.1 Å². The summed E-state index contributed by atoms with van der Waals surface area (Å²) in [5.41, 5.74) is 3.19. The highest BCUT2D eigenvalue weighted by atomic mass is 35.5. The van der Waals surface area contributed by atoms with E-state index in [9.17, 15) is 0 Å². The lowest BCUT2D eigenvalue weighted by Crippen LogP contribution is -2.36. The van der Waals surface area contributed by atoms with Crippen LogP contribution in [0.5, 0.6) is 0 Å². The number of rotatable bonds is 4. The first-order chi connectivity index (χ1) is 11.8. The largest absolute Gasteiger partial charge is 0.381 e. The fraction of sp³-hybridized carbons (Fsp3) is 0.526. The smallest absolute Gasteiger partial charge is 0.0938 e. The first kappa shape index (κ1) is 16.1. The number of piperidine rings is 1. The maximum atomic E-state index is 6.28. The Hall–Kier alpha value is -1.36. The highest BCUT2D eigenvalue weighted by Gasteiger charge is 2.25. The van der Waals surface area contributed by atoms with Gasteiger partial charge < -0.3 is 9.64 Å². The Morgan fingerprint density at radius 2 is 2.04 bits per heavy atom. The Morgan fingerprint density at radius 1 is 1.21 bits per heavy atom. The number of hydrogen-bond acceptors (Lipinski definition) is 3. The van der Waals surface area contributed by atoms with Crippen molar-refractivity contribution in [3.8, 4) is 11.3 Å². The van der Waals surface area contributed by atoms with E-state index < -0.39 is 0 Å². The van der Waals surface area contributed by atoms with E-state index in [0.717, 1.165) is 35.4 Å². The predicted molar refractivity (Wildman–Crippen MR) is 96.4 cm³/mol. The van der Waals surface area contributed by atoms with Crippen LogP contribution < -0.4 is 0 Å². The number of nitrogens with one attached hydrogen (secondary N) is 1. The molecule has 3 heterocycles. The van der Waals surface area contributed by atoms with Gasteiger partial charge in [-0.2, -0.15) is 5.10 Å². The highest BCUT2D eigenvalue weighted by Crippen LogP contribution is 2.32. The van der Waals surface area contributed by atoms with Crippen molar-refractivity contribution in [1.29, 1.82) is 0 Å². The van der Waals surface area contributed by atoms with Crippen molar-refractivity contribution in [3.63, 3.8) is 0 Å². The van der Waals surface area contributed by atoms with Crippen LogP contribution in [0.15, 0.2) is 30.3 Å². The van der Waals surface area contributed by atoms with Gasteiger partial charge in [-0.25, -0.2) is 0 Å². The molecule has 0 bridgehead atoms. The zero-order chi connectivity index (χ0) is 16.4. The zero-order valence-electron chi connectivity index (χ0n) is 13.9. The van der Waals surface area contributed by atoms with Crippen LogP contribution in [-0.4, -0.2) is 47.9 Å². The van der Waals surface area contributed by atoms with Gasteiger partial charge in [-0.15, -0.1) is 0 Å². The number of aromatic nitrogens is 2. The van der Waals surface area contributed by atoms with Crippen LogP contribution in [0.4, 0.5) is 0 Å². The molecular weight excluding hydrogens is 322 g/mol. The molecule has 1 aromatic heterocycles. The van der Waals surface area contributed by atoms with Crippen molar-refractivity contribution >= 4 is 11.6 Å². The molecule has 2 aliphatic rings. The lowest BCUT2D eigenvalue weighted by Gasteiger charge is -2.32. The molecule has 2 saturated heterocycles. The van der Waals surface area contributed by atoms with E-state index in [-0.39, 0.29) is 0 Å². The van der Waals surface area contributed by atoms with Crippen LogP contribution in [0, 0.1) is 5.92 Å². The third-order valence-corrected chi connectivity index (χ3v) is 5.64. The second kappa shape index (κ2) is 7.26. The molecule has 0 saturated carbocycles. The van der Waals surface area contributed by atoms with Gasteiger partial charge in [-0.3, -0.25) is 5.10 Å². The molecule has 1 N–H and O–H groups in total. The van der Waals surface area contributed by atoms with Crippen LogP contribution in [0.2, 0.25) is 5.02 Å². The molecule has 2 aliphatic heterocycles. The van der Waals surface area contributed by atoms with Gasteiger partial charge in [-0.05, 0) is 50.4 Å². The quantitative estimate of drug-likeness (QED) is 0.912. The number of hydrogen-bond donors (Lipinski definition) is 1. The van der Waals surface area contributed by atoms with Gasteiger partial charge in [0.1, 0.15) is 0 Å². The van der Waals surface area contributed by atoms with E-state index in [0.29, 0.717) is 5.92 Å². The topological polar surface area (TPSA) is 41.1 Å². The highest BCUT2D eigenvalue weighted by molar-refractivity contribution is 6.33. The Morgan fingerprint density at radius 3 is 2.79 bits per heavy atom. The minimum Gasteiger partial charge on any atom is -0.381 e. The normalized spacial score (nSPS) is 23.0. The number of ether oxygens (including phenoxy) is 1. The van der Waals surface area contributed by atoms with E-state index in [1.807, 2.05) is 24.3 Å². The maximum Gasteiger partial charge on any atom is 0.0938 e. The number of aromatic amines is 1. The average Bonchev–Trinajstić information content (AvgIpc) is 3.28. The van der Waals surface area contributed by atoms with Gasteiger partial charge in [0.2, 0.25) is 0 Å². The first-order valence-electron chi connectivity index (χ1n) is 8.90. The summed E-state index contributed by atoms with van der Waals surface area (Å²) in [6, 6.07) is 10.1. The average molecular weight is 346 g/mol. The molecule has 4 nitrogen and oxygen atoms in total. The standard InChI is InChI=1S/C19H24ClN3O/c20-17-4-2-1-3-16(17)19-11-18(21-22-19)15-5-8-23(9-6-15)12-14-7-10-24-13-14/h1-4,11,14-15H,5-10,12-13H2,(H,21,22)/t14-/m0/s1. The zero-order valence-corrected chi connectivity index (χ0v) is 14.6. The van der Waals surface area contributed by atoms with E-state index in [4.69, 9.17) is 16.3 Å². The summed E-state index contributed by atoms with van der Waals surface area (Å²) in [5.74, 6) is 1.31. The first-order valence-corrected chi connectivity index (χ1v) is 9.27. The van der Waals surface area contributed by atoms with Crippen LogP contribution in [0.3, 0.4) is 0 Å². The monoisotopic (exact) mass is 345 g/mol. The summed E-state index contributed by atoms with van der Waals surface area (Å²) in [7, 11) is 0. The molecular formula is C19H24ClN3O. The van der Waals surface area contributed by atoms with E-state index in [2.05, 4.69) is 21.2 Å². The summed E-state index contributed by atoms with van der Waals surface area (Å²) in [4.78, 5) is 2.60. The van der Waals surface area contributed by atoms with Gasteiger partial charge >= 0.3 is 0 Å². The van der Waals surface area contributed by atoms with Gasteiger partial charge in [0.25, 0.3) is 0 Å². The van der Waals surface area contributed by atoms with E-state index >= 15 is 0 Å². The molecule has 1 atom stereocenters. The summed E-state index contributed by atoms with van der Waals surface area (Å²) < 4.78 is 5.49. The van der Waals surface area contributed by atoms with Crippen molar-refractivity contribution in [2.75, 3.05) is 32.8 Å². The van der Waals surface area contributed by atoms with Crippen LogP contribution in [-0.2, 0) is 4.74 Å². The molecule has 2 fully saturated rings. The molecule has 0 radical (unpaired) electrons. The molecule has 4 rings (SSSR count). The Kier molecular flexibility index (Phi) is 4.88. The van der Waals surface area contributed by atoms with E-state index in [1.54, 1.807) is 0 Å². The molecule has 0 amide bonds. The number of halogens is 1. The lowest BCUT2D eigenvalue weighted by molar-refractivity contribution is 0.151. The van der Waals surface area contributed by atoms with Gasteiger partial charge in [0.05, 0.1) is 17.3 Å². The molecule has 128 valence electrons. The van der Waals surface area contributed by atoms with Crippen molar-refractivity contribution < 1.29 is 4.74 Å². The summed E-state index contributed by atoms with van der Waals surface area (Å²) >= 11 is 6.28. The minimum absolute atomic E-state index is 0.574. The Labute approximate surface area is 148 Å².